The number of thiophene rings is 1. The van der Waals surface area contributed by atoms with Crippen LogP contribution in [0.2, 0.25) is 0 Å². The molecule has 0 unspecified atom stereocenters. The van der Waals surface area contributed by atoms with Crippen molar-refractivity contribution in [3.05, 3.63) is 16.0 Å². The fraction of sp³-hybridized carbons (Fsp3) is 0.500. The molecule has 0 aliphatic rings. The Morgan fingerprint density at radius 1 is 1.23 bits per heavy atom. The van der Waals surface area contributed by atoms with Crippen molar-refractivity contribution < 1.29 is 28.7 Å². The van der Waals surface area contributed by atoms with Crippen molar-refractivity contribution in [1.82, 2.24) is 5.32 Å². The van der Waals surface area contributed by atoms with Gasteiger partial charge in [0.1, 0.15) is 5.00 Å². The molecule has 26 heavy (non-hydrogen) atoms. The highest BCUT2D eigenvalue weighted by Gasteiger charge is 2.26. The molecule has 0 bridgehead atoms. The summed E-state index contributed by atoms with van der Waals surface area (Å²) in [4.78, 5) is 47.7. The fourth-order valence-electron chi connectivity index (χ4n) is 1.97. The number of hydrogen-bond donors (Lipinski definition) is 2. The van der Waals surface area contributed by atoms with Gasteiger partial charge < -0.3 is 20.1 Å². The molecule has 0 radical (unpaired) electrons. The maximum atomic E-state index is 12.2. The van der Waals surface area contributed by atoms with Crippen molar-refractivity contribution in [1.29, 1.82) is 0 Å². The molecule has 8 nitrogen and oxygen atoms in total. The molecule has 10 heteroatoms. The largest absolute Gasteiger partial charge is 0.469 e. The van der Waals surface area contributed by atoms with Crippen molar-refractivity contribution >= 4 is 51.9 Å². The number of rotatable bonds is 9. The molecule has 0 atom stereocenters. The van der Waals surface area contributed by atoms with E-state index in [1.165, 1.54) is 25.9 Å². The van der Waals surface area contributed by atoms with Gasteiger partial charge in [-0.3, -0.25) is 14.4 Å². The Labute approximate surface area is 160 Å². The Morgan fingerprint density at radius 2 is 1.92 bits per heavy atom. The SMILES string of the molecule is CCOC(=O)c1c(NC(=O)CSCCC(=O)OC)sc(C(=O)NC)c1C. The van der Waals surface area contributed by atoms with Gasteiger partial charge in [0, 0.05) is 12.8 Å². The molecule has 0 aliphatic carbocycles. The summed E-state index contributed by atoms with van der Waals surface area (Å²) < 4.78 is 9.55. The number of carbonyl (C=O) groups excluding carboxylic acids is 4. The van der Waals surface area contributed by atoms with Crippen LogP contribution in [0.25, 0.3) is 0 Å². The molecule has 1 heterocycles. The molecule has 2 N–H and O–H groups in total. The van der Waals surface area contributed by atoms with Crippen molar-refractivity contribution in [3.63, 3.8) is 0 Å². The molecular weight excluding hydrogens is 380 g/mol. The van der Waals surface area contributed by atoms with E-state index in [1.807, 2.05) is 0 Å². The van der Waals surface area contributed by atoms with Gasteiger partial charge in [-0.1, -0.05) is 0 Å². The zero-order chi connectivity index (χ0) is 19.7. The van der Waals surface area contributed by atoms with Crippen molar-refractivity contribution in [2.24, 2.45) is 0 Å². The molecule has 1 rings (SSSR count). The van der Waals surface area contributed by atoms with Crippen LogP contribution in [0.15, 0.2) is 0 Å². The first kappa shape index (κ1) is 22.0. The summed E-state index contributed by atoms with van der Waals surface area (Å²) in [5.41, 5.74) is 0.643. The lowest BCUT2D eigenvalue weighted by Gasteiger charge is -2.07. The Balaban J connectivity index is 2.86. The van der Waals surface area contributed by atoms with Crippen LogP contribution in [0.5, 0.6) is 0 Å². The maximum Gasteiger partial charge on any atom is 0.341 e. The van der Waals surface area contributed by atoms with Crippen LogP contribution in [0.4, 0.5) is 5.00 Å². The number of hydrogen-bond acceptors (Lipinski definition) is 8. The van der Waals surface area contributed by atoms with E-state index in [4.69, 9.17) is 4.74 Å². The van der Waals surface area contributed by atoms with Gasteiger partial charge in [-0.05, 0) is 19.4 Å². The number of amides is 2. The van der Waals surface area contributed by atoms with Gasteiger partial charge in [-0.25, -0.2) is 4.79 Å². The van der Waals surface area contributed by atoms with E-state index < -0.39 is 5.97 Å². The molecular formula is C16H22N2O6S2. The smallest absolute Gasteiger partial charge is 0.341 e. The minimum Gasteiger partial charge on any atom is -0.469 e. The van der Waals surface area contributed by atoms with Crippen LogP contribution in [-0.2, 0) is 19.1 Å². The highest BCUT2D eigenvalue weighted by atomic mass is 32.2. The highest BCUT2D eigenvalue weighted by Crippen LogP contribution is 2.33. The molecule has 0 saturated heterocycles. The Bertz CT molecular complexity index is 687. The van der Waals surface area contributed by atoms with Gasteiger partial charge in [0.2, 0.25) is 5.91 Å². The molecule has 144 valence electrons. The lowest BCUT2D eigenvalue weighted by molar-refractivity contribution is -0.140. The van der Waals surface area contributed by atoms with Gasteiger partial charge >= 0.3 is 11.9 Å². The summed E-state index contributed by atoms with van der Waals surface area (Å²) in [7, 11) is 2.79. The van der Waals surface area contributed by atoms with Crippen LogP contribution in [0, 0.1) is 6.92 Å². The summed E-state index contributed by atoms with van der Waals surface area (Å²) in [5.74, 6) is -1.07. The summed E-state index contributed by atoms with van der Waals surface area (Å²) in [6.45, 7) is 3.49. The highest BCUT2D eigenvalue weighted by molar-refractivity contribution is 7.99. The lowest BCUT2D eigenvalue weighted by Crippen LogP contribution is -2.18. The van der Waals surface area contributed by atoms with E-state index in [2.05, 4.69) is 15.4 Å². The average Bonchev–Trinajstić information content (AvgIpc) is 2.93. The number of anilines is 1. The van der Waals surface area contributed by atoms with Crippen LogP contribution in [-0.4, -0.2) is 56.0 Å². The Hall–Kier alpha value is -2.07. The van der Waals surface area contributed by atoms with E-state index in [9.17, 15) is 19.2 Å². The number of esters is 2. The van der Waals surface area contributed by atoms with Crippen LogP contribution in [0.3, 0.4) is 0 Å². The molecule has 0 aromatic carbocycles. The Kier molecular flexibility index (Phi) is 9.14. The number of thioether (sulfide) groups is 1. The fourth-order valence-corrected chi connectivity index (χ4v) is 3.84. The minimum atomic E-state index is -0.593. The van der Waals surface area contributed by atoms with Crippen molar-refractivity contribution in [2.75, 3.05) is 37.6 Å². The number of methoxy groups -OCH3 is 1. The summed E-state index contributed by atoms with van der Waals surface area (Å²) in [6.07, 6.45) is 0.210. The van der Waals surface area contributed by atoms with Crippen LogP contribution in [0.1, 0.15) is 38.9 Å². The van der Waals surface area contributed by atoms with Crippen molar-refractivity contribution in [2.45, 2.75) is 20.3 Å². The number of carbonyl (C=O) groups is 4. The van der Waals surface area contributed by atoms with E-state index in [1.54, 1.807) is 13.8 Å². The lowest BCUT2D eigenvalue weighted by atomic mass is 10.1. The zero-order valence-corrected chi connectivity index (χ0v) is 16.7. The summed E-state index contributed by atoms with van der Waals surface area (Å²) >= 11 is 2.29. The number of nitrogens with one attached hydrogen (secondary N) is 2. The molecule has 1 aromatic heterocycles. The number of ether oxygens (including phenoxy) is 2. The molecule has 0 spiro atoms. The first-order valence-corrected chi connectivity index (χ1v) is 9.79. The van der Waals surface area contributed by atoms with Gasteiger partial charge in [-0.15, -0.1) is 11.3 Å². The van der Waals surface area contributed by atoms with E-state index in [0.717, 1.165) is 11.3 Å². The topological polar surface area (TPSA) is 111 Å². The van der Waals surface area contributed by atoms with Gasteiger partial charge in [0.15, 0.2) is 0 Å². The third kappa shape index (κ3) is 6.03. The van der Waals surface area contributed by atoms with E-state index in [0.29, 0.717) is 16.2 Å². The minimum absolute atomic E-state index is 0.103. The van der Waals surface area contributed by atoms with Crippen LogP contribution < -0.4 is 10.6 Å². The third-order valence-corrected chi connectivity index (χ3v) is 5.39. The predicted molar refractivity (Wildman–Crippen MR) is 101 cm³/mol. The normalized spacial score (nSPS) is 10.2. The monoisotopic (exact) mass is 402 g/mol. The second-order valence-corrected chi connectivity index (χ2v) is 7.11. The predicted octanol–water partition coefficient (Wildman–Crippen LogP) is 1.83. The average molecular weight is 402 g/mol. The van der Waals surface area contributed by atoms with Gasteiger partial charge in [-0.2, -0.15) is 11.8 Å². The van der Waals surface area contributed by atoms with E-state index >= 15 is 0 Å². The van der Waals surface area contributed by atoms with Gasteiger partial charge in [0.25, 0.3) is 5.91 Å². The molecule has 1 aromatic rings. The zero-order valence-electron chi connectivity index (χ0n) is 15.1. The maximum absolute atomic E-state index is 12.2. The Morgan fingerprint density at radius 3 is 2.50 bits per heavy atom. The molecule has 0 aliphatic heterocycles. The van der Waals surface area contributed by atoms with E-state index in [-0.39, 0.29) is 47.1 Å². The molecule has 0 fully saturated rings. The first-order valence-electron chi connectivity index (χ1n) is 7.82. The van der Waals surface area contributed by atoms with Crippen molar-refractivity contribution in [3.8, 4) is 0 Å². The third-order valence-electron chi connectivity index (χ3n) is 3.22. The molecule has 0 saturated carbocycles. The quantitative estimate of drug-likeness (QED) is 0.479. The van der Waals surface area contributed by atoms with Gasteiger partial charge in [0.05, 0.1) is 36.3 Å². The second-order valence-electron chi connectivity index (χ2n) is 4.99. The standard InChI is InChI=1S/C16H22N2O6S2/c1-5-24-16(22)12-9(2)13(14(21)17-3)26-15(12)18-10(19)8-25-7-6-11(20)23-4/h5-8H2,1-4H3,(H,17,21)(H,18,19). The summed E-state index contributed by atoms with van der Waals surface area (Å²) in [6, 6.07) is 0. The second kappa shape index (κ2) is 10.8. The molecule has 2 amide bonds. The van der Waals surface area contributed by atoms with Crippen LogP contribution >= 0.6 is 23.1 Å². The summed E-state index contributed by atoms with van der Waals surface area (Å²) in [5, 5.41) is 5.43. The first-order chi connectivity index (χ1) is 12.3.